The summed E-state index contributed by atoms with van der Waals surface area (Å²) in [4.78, 5) is 33.2. The van der Waals surface area contributed by atoms with Crippen molar-refractivity contribution in [2.45, 2.75) is 39.3 Å². The molecule has 230 valence electrons. The Hall–Kier alpha value is -4.11. The van der Waals surface area contributed by atoms with Gasteiger partial charge in [0.05, 0.1) is 29.5 Å². The van der Waals surface area contributed by atoms with E-state index in [0.717, 1.165) is 28.5 Å². The van der Waals surface area contributed by atoms with Crippen molar-refractivity contribution in [1.29, 1.82) is 0 Å². The van der Waals surface area contributed by atoms with E-state index in [9.17, 15) is 9.59 Å². The molecule has 0 radical (unpaired) electrons. The van der Waals surface area contributed by atoms with Crippen LogP contribution in [0, 0.1) is 0 Å². The number of esters is 1. The van der Waals surface area contributed by atoms with E-state index < -0.39 is 12.0 Å². The highest BCUT2D eigenvalue weighted by molar-refractivity contribution is 7.07. The molecular weight excluding hydrogens is 629 g/mol. The molecule has 0 bridgehead atoms. The molecule has 0 aliphatic carbocycles. The zero-order valence-electron chi connectivity index (χ0n) is 25.1. The van der Waals surface area contributed by atoms with Crippen LogP contribution in [-0.2, 0) is 16.1 Å². The Kier molecular flexibility index (Phi) is 8.99. The van der Waals surface area contributed by atoms with E-state index in [1.807, 2.05) is 79.9 Å². The van der Waals surface area contributed by atoms with Crippen LogP contribution >= 0.6 is 34.5 Å². The predicted molar refractivity (Wildman–Crippen MR) is 180 cm³/mol. The van der Waals surface area contributed by atoms with Crippen molar-refractivity contribution in [2.75, 3.05) is 13.7 Å². The molecule has 10 heteroatoms. The van der Waals surface area contributed by atoms with E-state index in [0.29, 0.717) is 54.9 Å². The number of halogens is 2. The highest BCUT2D eigenvalue weighted by Crippen LogP contribution is 2.37. The topological polar surface area (TPSA) is 74.8 Å². The highest BCUT2D eigenvalue weighted by Gasteiger charge is 2.35. The minimum atomic E-state index is -0.756. The molecule has 0 amide bonds. The molecule has 6 rings (SSSR count). The number of nitrogens with zero attached hydrogens (tertiary/aromatic N) is 3. The summed E-state index contributed by atoms with van der Waals surface area (Å²) >= 11 is 14.0. The zero-order chi connectivity index (χ0) is 31.7. The summed E-state index contributed by atoms with van der Waals surface area (Å²) in [6.07, 6.45) is 5.26. The Labute approximate surface area is 274 Å². The Morgan fingerprint density at radius 2 is 1.84 bits per heavy atom. The van der Waals surface area contributed by atoms with Gasteiger partial charge in [0.15, 0.2) is 4.80 Å². The predicted octanol–water partition coefficient (Wildman–Crippen LogP) is 6.90. The average Bonchev–Trinajstić information content (AvgIpc) is 3.54. The summed E-state index contributed by atoms with van der Waals surface area (Å²) in [6, 6.07) is 20.2. The number of allylic oxidation sites excluding steroid dienone is 1. The van der Waals surface area contributed by atoms with Gasteiger partial charge in [-0.3, -0.25) is 9.36 Å². The largest absolute Gasteiger partial charge is 0.496 e. The van der Waals surface area contributed by atoms with Crippen molar-refractivity contribution < 1.29 is 14.3 Å². The number of hydrogen-bond donors (Lipinski definition) is 0. The van der Waals surface area contributed by atoms with Crippen LogP contribution in [0.5, 0.6) is 5.75 Å². The van der Waals surface area contributed by atoms with Crippen LogP contribution in [0.2, 0.25) is 10.0 Å². The second-order valence-electron chi connectivity index (χ2n) is 10.6. The van der Waals surface area contributed by atoms with Crippen molar-refractivity contribution in [3.05, 3.63) is 131 Å². The first-order valence-corrected chi connectivity index (χ1v) is 16.3. The number of fused-ring (bicyclic) bond motifs is 2. The van der Waals surface area contributed by atoms with Crippen molar-refractivity contribution in [3.8, 4) is 5.75 Å². The minimum Gasteiger partial charge on any atom is -0.496 e. The van der Waals surface area contributed by atoms with Crippen molar-refractivity contribution >= 4 is 57.5 Å². The third kappa shape index (κ3) is 5.86. The monoisotopic (exact) mass is 659 g/mol. The third-order valence-corrected chi connectivity index (χ3v) is 9.36. The third-order valence-electron chi connectivity index (χ3n) is 7.79. The van der Waals surface area contributed by atoms with Gasteiger partial charge in [-0.15, -0.1) is 0 Å². The van der Waals surface area contributed by atoms with E-state index >= 15 is 0 Å². The van der Waals surface area contributed by atoms with E-state index in [1.54, 1.807) is 24.7 Å². The fourth-order valence-corrected chi connectivity index (χ4v) is 7.28. The number of rotatable bonds is 9. The molecule has 0 saturated carbocycles. The molecule has 0 N–H and O–H groups in total. The van der Waals surface area contributed by atoms with E-state index in [2.05, 4.69) is 4.57 Å². The molecule has 0 spiro atoms. The first kappa shape index (κ1) is 30.9. The Morgan fingerprint density at radius 1 is 1.07 bits per heavy atom. The molecule has 1 unspecified atom stereocenters. The Morgan fingerprint density at radius 3 is 2.60 bits per heavy atom. The summed E-state index contributed by atoms with van der Waals surface area (Å²) in [6.45, 7) is 4.53. The molecule has 45 heavy (non-hydrogen) atoms. The molecule has 1 aliphatic rings. The molecule has 0 fully saturated rings. The first-order valence-electron chi connectivity index (χ1n) is 14.7. The number of methoxy groups -OCH3 is 1. The van der Waals surface area contributed by atoms with Crippen LogP contribution in [0.1, 0.15) is 49.4 Å². The van der Waals surface area contributed by atoms with Crippen LogP contribution in [0.3, 0.4) is 0 Å². The summed E-state index contributed by atoms with van der Waals surface area (Å²) < 4.78 is 15.4. The van der Waals surface area contributed by atoms with Gasteiger partial charge < -0.3 is 14.0 Å². The van der Waals surface area contributed by atoms with Crippen LogP contribution in [-0.4, -0.2) is 28.8 Å². The van der Waals surface area contributed by atoms with Crippen LogP contribution in [0.15, 0.2) is 94.0 Å². The summed E-state index contributed by atoms with van der Waals surface area (Å²) in [7, 11) is 1.58. The number of ether oxygens (including phenoxy) is 2. The number of aromatic nitrogens is 2. The molecule has 2 aromatic heterocycles. The maximum Gasteiger partial charge on any atom is 0.338 e. The lowest BCUT2D eigenvalue weighted by molar-refractivity contribution is -0.139. The fraction of sp³-hybridized carbons (Fsp3) is 0.229. The van der Waals surface area contributed by atoms with Crippen LogP contribution in [0.4, 0.5) is 0 Å². The standard InChI is InChI=1S/C35H31Cl2N3O4S/c1-4-10-27-31(34(42)44-5-2)32(25-12-7-9-14-29(25)43-3)40-33(41)30(45-35(40)38-27)17-22-20-39(28-13-8-6-11-24(22)28)19-21-15-16-23(36)18-26(21)37/h6-9,11-18,20,32H,4-5,10,19H2,1-3H3/b30-17+. The number of carbonyl (C=O) groups excluding carboxylic acids is 1. The number of benzene rings is 3. The fourth-order valence-electron chi connectivity index (χ4n) is 5.80. The molecule has 0 saturated heterocycles. The van der Waals surface area contributed by atoms with Crippen molar-refractivity contribution in [2.24, 2.45) is 4.99 Å². The maximum absolute atomic E-state index is 14.3. The maximum atomic E-state index is 14.3. The molecule has 3 aromatic carbocycles. The average molecular weight is 661 g/mol. The number of carbonyl (C=O) groups is 1. The van der Waals surface area contributed by atoms with Gasteiger partial charge in [0.25, 0.3) is 5.56 Å². The van der Waals surface area contributed by atoms with Gasteiger partial charge in [-0.2, -0.15) is 0 Å². The molecule has 1 aliphatic heterocycles. The van der Waals surface area contributed by atoms with Gasteiger partial charge in [-0.1, -0.05) is 90.3 Å². The summed E-state index contributed by atoms with van der Waals surface area (Å²) in [5.41, 5.74) is 4.24. The summed E-state index contributed by atoms with van der Waals surface area (Å²) in [5.74, 6) is 0.0828. The molecule has 5 aromatic rings. The van der Waals surface area contributed by atoms with Crippen LogP contribution in [0.25, 0.3) is 17.0 Å². The lowest BCUT2D eigenvalue weighted by Crippen LogP contribution is -2.40. The van der Waals surface area contributed by atoms with Gasteiger partial charge in [0.1, 0.15) is 11.8 Å². The molecule has 1 atom stereocenters. The highest BCUT2D eigenvalue weighted by atomic mass is 35.5. The lowest BCUT2D eigenvalue weighted by Gasteiger charge is -2.26. The Bertz CT molecular complexity index is 2140. The number of para-hydroxylation sites is 2. The van der Waals surface area contributed by atoms with Gasteiger partial charge >= 0.3 is 5.97 Å². The van der Waals surface area contributed by atoms with Crippen LogP contribution < -0.4 is 19.6 Å². The Balaban J connectivity index is 1.55. The number of thiazole rings is 1. The number of hydrogen-bond acceptors (Lipinski definition) is 6. The quantitative estimate of drug-likeness (QED) is 0.161. The van der Waals surface area contributed by atoms with Gasteiger partial charge in [-0.25, -0.2) is 9.79 Å². The summed E-state index contributed by atoms with van der Waals surface area (Å²) in [5, 5.41) is 2.16. The second kappa shape index (κ2) is 13.1. The van der Waals surface area contributed by atoms with Gasteiger partial charge in [0, 0.05) is 44.8 Å². The molecule has 3 heterocycles. The van der Waals surface area contributed by atoms with Gasteiger partial charge in [-0.05, 0) is 49.2 Å². The van der Waals surface area contributed by atoms with Gasteiger partial charge in [0.2, 0.25) is 0 Å². The SMILES string of the molecule is CCCC1=C(C(=O)OCC)C(c2ccccc2OC)n2c(s/c(=C/c3cn(Cc4ccc(Cl)cc4Cl)c4ccccc34)c2=O)=N1. The minimum absolute atomic E-state index is 0.204. The lowest BCUT2D eigenvalue weighted by atomic mass is 9.93. The zero-order valence-corrected chi connectivity index (χ0v) is 27.4. The van der Waals surface area contributed by atoms with Crippen molar-refractivity contribution in [3.63, 3.8) is 0 Å². The molecular formula is C35H31Cl2N3O4S. The van der Waals surface area contributed by atoms with E-state index in [1.165, 1.54) is 11.3 Å². The van der Waals surface area contributed by atoms with Crippen molar-refractivity contribution in [1.82, 2.24) is 9.13 Å². The normalized spacial score (nSPS) is 14.9. The first-order chi connectivity index (χ1) is 21.8. The smallest absolute Gasteiger partial charge is 0.338 e. The van der Waals surface area contributed by atoms with E-state index in [-0.39, 0.29) is 12.2 Å². The molecule has 7 nitrogen and oxygen atoms in total. The second-order valence-corrected chi connectivity index (χ2v) is 12.5. The van der Waals surface area contributed by atoms with E-state index in [4.69, 9.17) is 37.7 Å².